The number of rotatable bonds is 4. The first-order chi connectivity index (χ1) is 15.3. The molecule has 164 valence electrons. The highest BCUT2D eigenvalue weighted by Crippen LogP contribution is 2.44. The van der Waals surface area contributed by atoms with E-state index in [0.29, 0.717) is 19.4 Å². The van der Waals surface area contributed by atoms with Crippen LogP contribution >= 0.6 is 0 Å². The summed E-state index contributed by atoms with van der Waals surface area (Å²) in [5.41, 5.74) is 5.56. The van der Waals surface area contributed by atoms with Crippen molar-refractivity contribution in [2.45, 2.75) is 52.0 Å². The van der Waals surface area contributed by atoms with E-state index in [2.05, 4.69) is 41.3 Å². The molecule has 32 heavy (non-hydrogen) atoms. The molecular formula is C26H26F2N4. The van der Waals surface area contributed by atoms with Crippen LogP contribution in [-0.2, 0) is 6.54 Å². The molecule has 0 N–H and O–H groups in total. The summed E-state index contributed by atoms with van der Waals surface area (Å²) in [6.45, 7) is 4.71. The van der Waals surface area contributed by atoms with E-state index in [0.717, 1.165) is 39.0 Å². The van der Waals surface area contributed by atoms with Crippen LogP contribution in [0.4, 0.5) is 8.78 Å². The summed E-state index contributed by atoms with van der Waals surface area (Å²) in [4.78, 5) is 9.31. The summed E-state index contributed by atoms with van der Waals surface area (Å²) in [5, 5.41) is 5.65. The molecule has 0 saturated heterocycles. The monoisotopic (exact) mass is 432 g/mol. The van der Waals surface area contributed by atoms with Gasteiger partial charge in [-0.15, -0.1) is 0 Å². The standard InChI is InChI=1S/C26H26F2N4/c1-18-5-8-22(24(31-18)20-7-6-19-4-3-13-29-23(19)14-20)21-15-30-32(16-21)17-25(2)9-11-26(27,28)12-10-25/h3-8,13-16H,9-12,17H2,1-2H3. The Balaban J connectivity index is 1.46. The van der Waals surface area contributed by atoms with Crippen LogP contribution in [0.1, 0.15) is 38.3 Å². The minimum absolute atomic E-state index is 0.0420. The third-order valence-electron chi connectivity index (χ3n) is 6.59. The van der Waals surface area contributed by atoms with Gasteiger partial charge in [0.05, 0.1) is 17.4 Å². The second-order valence-corrected chi connectivity index (χ2v) is 9.35. The van der Waals surface area contributed by atoms with Crippen LogP contribution in [0.2, 0.25) is 0 Å². The average Bonchev–Trinajstić information content (AvgIpc) is 3.23. The smallest absolute Gasteiger partial charge is 0.248 e. The lowest BCUT2D eigenvalue weighted by atomic mass is 9.74. The van der Waals surface area contributed by atoms with E-state index in [-0.39, 0.29) is 18.3 Å². The van der Waals surface area contributed by atoms with Crippen LogP contribution in [0, 0.1) is 12.3 Å². The van der Waals surface area contributed by atoms with E-state index in [4.69, 9.17) is 4.98 Å². The molecular weight excluding hydrogens is 406 g/mol. The highest BCUT2D eigenvalue weighted by atomic mass is 19.3. The van der Waals surface area contributed by atoms with Gasteiger partial charge in [0.15, 0.2) is 0 Å². The van der Waals surface area contributed by atoms with Crippen molar-refractivity contribution < 1.29 is 8.78 Å². The Morgan fingerprint density at radius 2 is 1.81 bits per heavy atom. The molecule has 6 heteroatoms. The van der Waals surface area contributed by atoms with Crippen molar-refractivity contribution in [1.29, 1.82) is 0 Å². The maximum atomic E-state index is 13.6. The van der Waals surface area contributed by atoms with Crippen LogP contribution in [0.5, 0.6) is 0 Å². The zero-order valence-corrected chi connectivity index (χ0v) is 18.4. The van der Waals surface area contributed by atoms with Gasteiger partial charge in [-0.3, -0.25) is 14.6 Å². The van der Waals surface area contributed by atoms with Gasteiger partial charge in [-0.1, -0.05) is 31.2 Å². The number of aromatic nitrogens is 4. The van der Waals surface area contributed by atoms with Crippen molar-refractivity contribution in [2.75, 3.05) is 0 Å². The summed E-state index contributed by atoms with van der Waals surface area (Å²) in [6.07, 6.45) is 6.58. The van der Waals surface area contributed by atoms with Crippen molar-refractivity contribution >= 4 is 10.9 Å². The topological polar surface area (TPSA) is 43.6 Å². The van der Waals surface area contributed by atoms with Crippen LogP contribution in [0.3, 0.4) is 0 Å². The van der Waals surface area contributed by atoms with Crippen LogP contribution in [-0.4, -0.2) is 25.7 Å². The summed E-state index contributed by atoms with van der Waals surface area (Å²) < 4.78 is 29.1. The van der Waals surface area contributed by atoms with Crippen molar-refractivity contribution in [3.8, 4) is 22.4 Å². The van der Waals surface area contributed by atoms with Gasteiger partial charge in [-0.05, 0) is 43.4 Å². The van der Waals surface area contributed by atoms with Crippen LogP contribution < -0.4 is 0 Å². The molecule has 1 aliphatic rings. The third-order valence-corrected chi connectivity index (χ3v) is 6.59. The fourth-order valence-electron chi connectivity index (χ4n) is 4.58. The molecule has 1 saturated carbocycles. The van der Waals surface area contributed by atoms with E-state index in [1.807, 2.05) is 42.2 Å². The molecule has 3 heterocycles. The highest BCUT2D eigenvalue weighted by molar-refractivity contribution is 5.87. The summed E-state index contributed by atoms with van der Waals surface area (Å²) >= 11 is 0. The maximum absolute atomic E-state index is 13.6. The molecule has 0 aliphatic heterocycles. The first kappa shape index (κ1) is 20.7. The van der Waals surface area contributed by atoms with Crippen LogP contribution in [0.15, 0.2) is 61.1 Å². The molecule has 0 spiro atoms. The average molecular weight is 433 g/mol. The molecule has 0 bridgehead atoms. The van der Waals surface area contributed by atoms with Gasteiger partial charge in [-0.2, -0.15) is 5.10 Å². The molecule has 0 unspecified atom stereocenters. The van der Waals surface area contributed by atoms with E-state index >= 15 is 0 Å². The van der Waals surface area contributed by atoms with Crippen molar-refractivity contribution in [3.63, 3.8) is 0 Å². The summed E-state index contributed by atoms with van der Waals surface area (Å²) in [7, 11) is 0. The third kappa shape index (κ3) is 4.14. The Bertz CT molecular complexity index is 1270. The van der Waals surface area contributed by atoms with Gasteiger partial charge in [0.1, 0.15) is 0 Å². The zero-order valence-electron chi connectivity index (χ0n) is 18.4. The SMILES string of the molecule is Cc1ccc(-c2cnn(CC3(C)CCC(F)(F)CC3)c2)c(-c2ccc3cccnc3c2)n1. The maximum Gasteiger partial charge on any atom is 0.248 e. The lowest BCUT2D eigenvalue weighted by molar-refractivity contribution is -0.0671. The van der Waals surface area contributed by atoms with Crippen molar-refractivity contribution in [3.05, 3.63) is 66.7 Å². The van der Waals surface area contributed by atoms with Crippen molar-refractivity contribution in [1.82, 2.24) is 19.7 Å². The molecule has 0 atom stereocenters. The second kappa shape index (κ2) is 7.76. The molecule has 0 radical (unpaired) electrons. The molecule has 4 nitrogen and oxygen atoms in total. The summed E-state index contributed by atoms with van der Waals surface area (Å²) in [5.74, 6) is -2.52. The molecule has 1 aromatic carbocycles. The first-order valence-electron chi connectivity index (χ1n) is 11.0. The quantitative estimate of drug-likeness (QED) is 0.361. The molecule has 3 aromatic heterocycles. The number of nitrogens with zero attached hydrogens (tertiary/aromatic N) is 4. The van der Waals surface area contributed by atoms with Gasteiger partial charge in [-0.25, -0.2) is 8.78 Å². The fraction of sp³-hybridized carbons (Fsp3) is 0.346. The number of halogens is 2. The number of pyridine rings is 2. The lowest BCUT2D eigenvalue weighted by Gasteiger charge is -2.37. The Morgan fingerprint density at radius 1 is 1.00 bits per heavy atom. The Morgan fingerprint density at radius 3 is 2.62 bits per heavy atom. The normalized spacial score (nSPS) is 17.5. The largest absolute Gasteiger partial charge is 0.272 e. The van der Waals surface area contributed by atoms with E-state index in [1.54, 1.807) is 6.20 Å². The molecule has 1 fully saturated rings. The van der Waals surface area contributed by atoms with Gasteiger partial charge in [0.2, 0.25) is 5.92 Å². The molecule has 1 aliphatic carbocycles. The predicted molar refractivity (Wildman–Crippen MR) is 122 cm³/mol. The minimum Gasteiger partial charge on any atom is -0.272 e. The number of hydrogen-bond donors (Lipinski definition) is 0. The molecule has 4 aromatic rings. The Hall–Kier alpha value is -3.15. The number of hydrogen-bond acceptors (Lipinski definition) is 3. The van der Waals surface area contributed by atoms with Gasteiger partial charge in [0.25, 0.3) is 0 Å². The second-order valence-electron chi connectivity index (χ2n) is 9.35. The van der Waals surface area contributed by atoms with Gasteiger partial charge < -0.3 is 0 Å². The predicted octanol–water partition coefficient (Wildman–Crippen LogP) is 6.68. The fourth-order valence-corrected chi connectivity index (χ4v) is 4.58. The molecule has 0 amide bonds. The van der Waals surface area contributed by atoms with Crippen LogP contribution in [0.25, 0.3) is 33.3 Å². The Labute approximate surface area is 186 Å². The zero-order chi connectivity index (χ0) is 22.3. The minimum atomic E-state index is -2.52. The van der Waals surface area contributed by atoms with Gasteiger partial charge in [0, 0.05) is 59.6 Å². The number of benzene rings is 1. The number of fused-ring (bicyclic) bond motifs is 1. The van der Waals surface area contributed by atoms with E-state index in [1.165, 1.54) is 0 Å². The highest BCUT2D eigenvalue weighted by Gasteiger charge is 2.41. The van der Waals surface area contributed by atoms with E-state index < -0.39 is 5.92 Å². The molecule has 5 rings (SSSR count). The first-order valence-corrected chi connectivity index (χ1v) is 11.0. The van der Waals surface area contributed by atoms with Gasteiger partial charge >= 0.3 is 0 Å². The summed E-state index contributed by atoms with van der Waals surface area (Å²) in [6, 6.07) is 14.2. The lowest BCUT2D eigenvalue weighted by Crippen LogP contribution is -2.34. The van der Waals surface area contributed by atoms with E-state index in [9.17, 15) is 8.78 Å². The number of aryl methyl sites for hydroxylation is 1. The Kier molecular flexibility index (Phi) is 5.03. The number of alkyl halides is 2. The van der Waals surface area contributed by atoms with Crippen molar-refractivity contribution in [2.24, 2.45) is 5.41 Å².